The fourth-order valence-electron chi connectivity index (χ4n) is 1.58. The highest BCUT2D eigenvalue weighted by Crippen LogP contribution is 2.24. The minimum atomic E-state index is -4.74. The van der Waals surface area contributed by atoms with E-state index in [-0.39, 0.29) is 22.6 Å². The number of halogens is 4. The predicted octanol–water partition coefficient (Wildman–Crippen LogP) is 3.50. The van der Waals surface area contributed by atoms with Crippen molar-refractivity contribution in [3.8, 4) is 5.75 Å². The molecule has 0 spiro atoms. The van der Waals surface area contributed by atoms with E-state index in [1.807, 2.05) is 0 Å². The van der Waals surface area contributed by atoms with Crippen molar-refractivity contribution in [3.05, 3.63) is 50.6 Å². The van der Waals surface area contributed by atoms with Crippen molar-refractivity contribution in [1.82, 2.24) is 9.78 Å². The summed E-state index contributed by atoms with van der Waals surface area (Å²) >= 11 is 3.01. The van der Waals surface area contributed by atoms with E-state index in [1.165, 1.54) is 23.0 Å². The number of nitro groups is 1. The molecule has 0 radical (unpaired) electrons. The number of rotatable bonds is 4. The second-order valence-electron chi connectivity index (χ2n) is 3.95. The molecule has 21 heavy (non-hydrogen) atoms. The molecule has 1 heterocycles. The number of hydrogen-bond acceptors (Lipinski definition) is 4. The van der Waals surface area contributed by atoms with Gasteiger partial charge >= 0.3 is 12.2 Å². The number of aromatic nitrogens is 2. The van der Waals surface area contributed by atoms with Crippen LogP contribution in [-0.2, 0) is 6.54 Å². The third-order valence-electron chi connectivity index (χ3n) is 2.37. The Morgan fingerprint density at radius 1 is 1.33 bits per heavy atom. The molecule has 0 atom stereocenters. The van der Waals surface area contributed by atoms with Crippen molar-refractivity contribution in [2.24, 2.45) is 0 Å². The van der Waals surface area contributed by atoms with Crippen molar-refractivity contribution in [1.29, 1.82) is 0 Å². The zero-order valence-electron chi connectivity index (χ0n) is 10.2. The van der Waals surface area contributed by atoms with E-state index in [4.69, 9.17) is 0 Å². The summed E-state index contributed by atoms with van der Waals surface area (Å²) in [6, 6.07) is 5.16. The lowest BCUT2D eigenvalue weighted by Crippen LogP contribution is -2.17. The average Bonchev–Trinajstić information content (AvgIpc) is 2.71. The lowest BCUT2D eigenvalue weighted by molar-refractivity contribution is -0.390. The van der Waals surface area contributed by atoms with Gasteiger partial charge in [0.15, 0.2) is 0 Å². The van der Waals surface area contributed by atoms with Crippen LogP contribution in [0.5, 0.6) is 5.75 Å². The summed E-state index contributed by atoms with van der Waals surface area (Å²) in [4.78, 5) is 10.0. The van der Waals surface area contributed by atoms with Crippen molar-refractivity contribution >= 4 is 21.7 Å². The van der Waals surface area contributed by atoms with Crippen LogP contribution in [0.15, 0.2) is 34.9 Å². The van der Waals surface area contributed by atoms with E-state index in [1.54, 1.807) is 0 Å². The Bertz CT molecular complexity index is 655. The fraction of sp³-hybridized carbons (Fsp3) is 0.182. The first-order valence-electron chi connectivity index (χ1n) is 5.46. The summed E-state index contributed by atoms with van der Waals surface area (Å²) in [5, 5.41) is 14.4. The standard InChI is InChI=1S/C11H7BrF3N3O3/c12-9-6-17(16-10(9)18(19)20)5-7-1-3-8(4-2-7)21-11(13,14)15/h1-4,6H,5H2. The number of nitrogens with zero attached hydrogens (tertiary/aromatic N) is 3. The lowest BCUT2D eigenvalue weighted by Gasteiger charge is -2.08. The summed E-state index contributed by atoms with van der Waals surface area (Å²) < 4.78 is 41.3. The molecule has 0 N–H and O–H groups in total. The highest BCUT2D eigenvalue weighted by Gasteiger charge is 2.31. The van der Waals surface area contributed by atoms with Crippen LogP contribution < -0.4 is 4.74 Å². The summed E-state index contributed by atoms with van der Waals surface area (Å²) in [6.45, 7) is 0.179. The Morgan fingerprint density at radius 2 is 1.95 bits per heavy atom. The van der Waals surface area contributed by atoms with Gasteiger partial charge in [-0.1, -0.05) is 12.1 Å². The first-order chi connectivity index (χ1) is 9.74. The van der Waals surface area contributed by atoms with Gasteiger partial charge in [0.05, 0.1) is 17.8 Å². The molecule has 0 saturated carbocycles. The Hall–Kier alpha value is -2.10. The van der Waals surface area contributed by atoms with Crippen molar-refractivity contribution < 1.29 is 22.8 Å². The van der Waals surface area contributed by atoms with E-state index >= 15 is 0 Å². The van der Waals surface area contributed by atoms with Crippen LogP contribution in [0.2, 0.25) is 0 Å². The molecular weight excluding hydrogens is 359 g/mol. The molecule has 1 aromatic carbocycles. The van der Waals surface area contributed by atoms with Gasteiger partial charge in [-0.25, -0.2) is 0 Å². The van der Waals surface area contributed by atoms with Gasteiger partial charge in [0, 0.05) is 0 Å². The van der Waals surface area contributed by atoms with Crippen LogP contribution in [0.4, 0.5) is 19.0 Å². The summed E-state index contributed by atoms with van der Waals surface area (Å²) in [7, 11) is 0. The van der Waals surface area contributed by atoms with Crippen LogP contribution in [0.1, 0.15) is 5.56 Å². The second kappa shape index (κ2) is 5.72. The van der Waals surface area contributed by atoms with E-state index < -0.39 is 11.3 Å². The Morgan fingerprint density at radius 3 is 2.43 bits per heavy atom. The number of benzene rings is 1. The summed E-state index contributed by atoms with van der Waals surface area (Å²) in [5.74, 6) is -0.661. The zero-order valence-corrected chi connectivity index (χ0v) is 11.8. The molecule has 0 aliphatic carbocycles. The molecule has 0 unspecified atom stereocenters. The molecule has 2 rings (SSSR count). The Kier molecular flexibility index (Phi) is 4.16. The maximum absolute atomic E-state index is 12.0. The van der Waals surface area contributed by atoms with Crippen molar-refractivity contribution in [3.63, 3.8) is 0 Å². The molecule has 10 heteroatoms. The van der Waals surface area contributed by atoms with Gasteiger partial charge in [0.1, 0.15) is 10.2 Å². The topological polar surface area (TPSA) is 70.2 Å². The van der Waals surface area contributed by atoms with Crippen LogP contribution in [0.3, 0.4) is 0 Å². The third kappa shape index (κ3) is 4.18. The number of ether oxygens (including phenoxy) is 1. The fourth-order valence-corrected chi connectivity index (χ4v) is 2.04. The molecule has 0 aliphatic rings. The largest absolute Gasteiger partial charge is 0.573 e. The van der Waals surface area contributed by atoms with Crippen LogP contribution in [0.25, 0.3) is 0 Å². The molecule has 0 fully saturated rings. The van der Waals surface area contributed by atoms with Gasteiger partial charge < -0.3 is 14.9 Å². The Balaban J connectivity index is 2.10. The van der Waals surface area contributed by atoms with Crippen molar-refractivity contribution in [2.75, 3.05) is 0 Å². The van der Waals surface area contributed by atoms with E-state index in [0.29, 0.717) is 5.56 Å². The minimum Gasteiger partial charge on any atom is -0.406 e. The molecule has 2 aromatic rings. The van der Waals surface area contributed by atoms with Crippen LogP contribution >= 0.6 is 15.9 Å². The van der Waals surface area contributed by atoms with Gasteiger partial charge in [-0.2, -0.15) is 4.68 Å². The normalized spacial score (nSPS) is 11.4. The van der Waals surface area contributed by atoms with E-state index in [9.17, 15) is 23.3 Å². The average molecular weight is 366 g/mol. The molecule has 1 aromatic heterocycles. The summed E-state index contributed by atoms with van der Waals surface area (Å²) in [6.07, 6.45) is -3.33. The molecule has 0 aliphatic heterocycles. The predicted molar refractivity (Wildman–Crippen MR) is 68.8 cm³/mol. The van der Waals surface area contributed by atoms with Gasteiger partial charge in [-0.3, -0.25) is 0 Å². The zero-order chi connectivity index (χ0) is 15.6. The molecule has 6 nitrogen and oxygen atoms in total. The second-order valence-corrected chi connectivity index (χ2v) is 4.80. The Labute approximate surface area is 124 Å². The first-order valence-corrected chi connectivity index (χ1v) is 6.26. The van der Waals surface area contributed by atoms with Crippen LogP contribution in [-0.4, -0.2) is 21.1 Å². The smallest absolute Gasteiger partial charge is 0.406 e. The highest BCUT2D eigenvalue weighted by atomic mass is 79.9. The highest BCUT2D eigenvalue weighted by molar-refractivity contribution is 9.10. The van der Waals surface area contributed by atoms with Crippen LogP contribution in [0, 0.1) is 10.1 Å². The molecule has 0 amide bonds. The SMILES string of the molecule is O=[N+]([O-])c1nn(Cc2ccc(OC(F)(F)F)cc2)cc1Br. The van der Waals surface area contributed by atoms with E-state index in [2.05, 4.69) is 25.8 Å². The molecule has 0 saturated heterocycles. The third-order valence-corrected chi connectivity index (χ3v) is 2.93. The monoisotopic (exact) mass is 365 g/mol. The van der Waals surface area contributed by atoms with E-state index in [0.717, 1.165) is 12.1 Å². The molecular formula is C11H7BrF3N3O3. The molecule has 112 valence electrons. The molecule has 0 bridgehead atoms. The van der Waals surface area contributed by atoms with Gasteiger partial charge in [-0.05, 0) is 38.5 Å². The van der Waals surface area contributed by atoms with Gasteiger partial charge in [0.2, 0.25) is 0 Å². The maximum atomic E-state index is 12.0. The van der Waals surface area contributed by atoms with Gasteiger partial charge in [-0.15, -0.1) is 13.2 Å². The quantitative estimate of drug-likeness (QED) is 0.614. The minimum absolute atomic E-state index is 0.179. The summed E-state index contributed by atoms with van der Waals surface area (Å²) in [5.41, 5.74) is 0.620. The number of alkyl halides is 3. The van der Waals surface area contributed by atoms with Gasteiger partial charge in [0.25, 0.3) is 0 Å². The first kappa shape index (κ1) is 15.3. The lowest BCUT2D eigenvalue weighted by atomic mass is 10.2. The maximum Gasteiger partial charge on any atom is 0.573 e. The van der Waals surface area contributed by atoms with Crippen molar-refractivity contribution in [2.45, 2.75) is 12.9 Å². The number of hydrogen-bond donors (Lipinski definition) is 0.